The highest BCUT2D eigenvalue weighted by atomic mass is 79.9. The normalized spacial score (nSPS) is 16.0. The van der Waals surface area contributed by atoms with Crippen LogP contribution in [0.4, 0.5) is 0 Å². The van der Waals surface area contributed by atoms with Crippen LogP contribution in [0.25, 0.3) is 0 Å². The number of hydrogen-bond donors (Lipinski definition) is 3. The Morgan fingerprint density at radius 3 is 3.16 bits per heavy atom. The van der Waals surface area contributed by atoms with Crippen LogP contribution in [0.5, 0.6) is 5.75 Å². The van der Waals surface area contributed by atoms with Gasteiger partial charge in [-0.25, -0.2) is 0 Å². The first kappa shape index (κ1) is 14.1. The minimum atomic E-state index is -0.00822. The number of rotatable bonds is 5. The standard InChI is InChI=1S/C13H18BrN3O2/c1-8(13(15)17-18)6-16-7-10-5-11(14)4-9-2-3-19-12(9)10/h4-5,8,16,18H,2-3,6-7H2,1H3,(H2,15,17). The van der Waals surface area contributed by atoms with Gasteiger partial charge in [-0.2, -0.15) is 0 Å². The summed E-state index contributed by atoms with van der Waals surface area (Å²) >= 11 is 3.52. The molecule has 1 unspecified atom stereocenters. The zero-order chi connectivity index (χ0) is 13.8. The van der Waals surface area contributed by atoms with Crippen LogP contribution in [0.2, 0.25) is 0 Å². The van der Waals surface area contributed by atoms with Crippen LogP contribution in [0, 0.1) is 5.92 Å². The Labute approximate surface area is 120 Å². The van der Waals surface area contributed by atoms with E-state index in [2.05, 4.69) is 38.5 Å². The van der Waals surface area contributed by atoms with E-state index in [0.29, 0.717) is 13.1 Å². The minimum absolute atomic E-state index is 0.00822. The second kappa shape index (κ2) is 6.25. The lowest BCUT2D eigenvalue weighted by molar-refractivity contribution is 0.314. The van der Waals surface area contributed by atoms with E-state index in [1.54, 1.807) is 0 Å². The monoisotopic (exact) mass is 327 g/mol. The Bertz CT molecular complexity index is 491. The molecule has 1 aromatic rings. The maximum absolute atomic E-state index is 8.59. The average molecular weight is 328 g/mol. The molecule has 1 aliphatic heterocycles. The number of halogens is 1. The maximum Gasteiger partial charge on any atom is 0.143 e. The molecule has 0 bridgehead atoms. The van der Waals surface area contributed by atoms with E-state index < -0.39 is 0 Å². The summed E-state index contributed by atoms with van der Waals surface area (Å²) in [5.74, 6) is 1.22. The van der Waals surface area contributed by atoms with Crippen molar-refractivity contribution in [3.05, 3.63) is 27.7 Å². The number of nitrogens with two attached hydrogens (primary N) is 1. The summed E-state index contributed by atoms with van der Waals surface area (Å²) in [5, 5.41) is 14.9. The van der Waals surface area contributed by atoms with Crippen LogP contribution >= 0.6 is 15.9 Å². The van der Waals surface area contributed by atoms with Crippen molar-refractivity contribution in [3.8, 4) is 5.75 Å². The Morgan fingerprint density at radius 2 is 2.42 bits per heavy atom. The average Bonchev–Trinajstić information content (AvgIpc) is 2.85. The van der Waals surface area contributed by atoms with Gasteiger partial charge in [0.25, 0.3) is 0 Å². The predicted molar refractivity (Wildman–Crippen MR) is 77.6 cm³/mol. The van der Waals surface area contributed by atoms with Crippen molar-refractivity contribution in [3.63, 3.8) is 0 Å². The summed E-state index contributed by atoms with van der Waals surface area (Å²) in [6.07, 6.45) is 0.961. The molecule has 0 saturated carbocycles. The minimum Gasteiger partial charge on any atom is -0.493 e. The van der Waals surface area contributed by atoms with Crippen LogP contribution < -0.4 is 15.8 Å². The highest BCUT2D eigenvalue weighted by Gasteiger charge is 2.17. The summed E-state index contributed by atoms with van der Waals surface area (Å²) in [6, 6.07) is 4.16. The van der Waals surface area contributed by atoms with Crippen molar-refractivity contribution in [2.45, 2.75) is 19.9 Å². The van der Waals surface area contributed by atoms with Gasteiger partial charge in [-0.1, -0.05) is 28.0 Å². The van der Waals surface area contributed by atoms with Crippen molar-refractivity contribution in [1.82, 2.24) is 5.32 Å². The first-order chi connectivity index (χ1) is 9.11. The van der Waals surface area contributed by atoms with Crippen molar-refractivity contribution in [2.75, 3.05) is 13.2 Å². The zero-order valence-corrected chi connectivity index (χ0v) is 12.4. The Hall–Kier alpha value is -1.27. The molecule has 104 valence electrons. The Balaban J connectivity index is 1.97. The van der Waals surface area contributed by atoms with Crippen molar-refractivity contribution >= 4 is 21.8 Å². The van der Waals surface area contributed by atoms with E-state index >= 15 is 0 Å². The fourth-order valence-electron chi connectivity index (χ4n) is 2.10. The summed E-state index contributed by atoms with van der Waals surface area (Å²) in [5.41, 5.74) is 7.92. The molecule has 2 rings (SSSR count). The molecule has 0 spiro atoms. The lowest BCUT2D eigenvalue weighted by Gasteiger charge is -2.13. The largest absolute Gasteiger partial charge is 0.493 e. The molecule has 0 saturated heterocycles. The van der Waals surface area contributed by atoms with Gasteiger partial charge in [0.05, 0.1) is 6.61 Å². The van der Waals surface area contributed by atoms with Gasteiger partial charge in [0.2, 0.25) is 0 Å². The number of benzene rings is 1. The number of fused-ring (bicyclic) bond motifs is 1. The van der Waals surface area contributed by atoms with Crippen LogP contribution in [0.1, 0.15) is 18.1 Å². The van der Waals surface area contributed by atoms with Crippen molar-refractivity contribution < 1.29 is 9.94 Å². The molecule has 6 heteroatoms. The fourth-order valence-corrected chi connectivity index (χ4v) is 2.66. The van der Waals surface area contributed by atoms with Gasteiger partial charge in [0.15, 0.2) is 0 Å². The first-order valence-corrected chi connectivity index (χ1v) is 7.03. The highest BCUT2D eigenvalue weighted by molar-refractivity contribution is 9.10. The van der Waals surface area contributed by atoms with E-state index in [9.17, 15) is 0 Å². The molecule has 1 atom stereocenters. The molecule has 19 heavy (non-hydrogen) atoms. The van der Waals surface area contributed by atoms with E-state index in [4.69, 9.17) is 15.7 Å². The molecule has 4 N–H and O–H groups in total. The second-order valence-electron chi connectivity index (χ2n) is 4.71. The van der Waals surface area contributed by atoms with Crippen LogP contribution in [0.3, 0.4) is 0 Å². The third-order valence-corrected chi connectivity index (χ3v) is 3.67. The second-order valence-corrected chi connectivity index (χ2v) is 5.62. The summed E-state index contributed by atoms with van der Waals surface area (Å²) in [4.78, 5) is 0. The van der Waals surface area contributed by atoms with Crippen molar-refractivity contribution in [2.24, 2.45) is 16.8 Å². The Kier molecular flexibility index (Phi) is 4.66. The van der Waals surface area contributed by atoms with Gasteiger partial charge < -0.3 is 21.0 Å². The van der Waals surface area contributed by atoms with Gasteiger partial charge >= 0.3 is 0 Å². The molecular weight excluding hydrogens is 310 g/mol. The molecule has 0 fully saturated rings. The fraction of sp³-hybridized carbons (Fsp3) is 0.462. The van der Waals surface area contributed by atoms with E-state index in [-0.39, 0.29) is 11.8 Å². The topological polar surface area (TPSA) is 79.9 Å². The third kappa shape index (κ3) is 3.39. The SMILES string of the molecule is CC(CNCc1cc(Br)cc2c1OCC2)/C(N)=N/O. The first-order valence-electron chi connectivity index (χ1n) is 6.24. The molecule has 1 aromatic carbocycles. The highest BCUT2D eigenvalue weighted by Crippen LogP contribution is 2.32. The molecule has 0 amide bonds. The Morgan fingerprint density at radius 1 is 1.63 bits per heavy atom. The van der Waals surface area contributed by atoms with Crippen LogP contribution in [-0.2, 0) is 13.0 Å². The van der Waals surface area contributed by atoms with Gasteiger partial charge in [0, 0.05) is 35.5 Å². The number of ether oxygens (including phenoxy) is 1. The lowest BCUT2D eigenvalue weighted by atomic mass is 10.1. The van der Waals surface area contributed by atoms with Crippen LogP contribution in [0.15, 0.2) is 21.8 Å². The predicted octanol–water partition coefficient (Wildman–Crippen LogP) is 1.86. The number of nitrogens with zero attached hydrogens (tertiary/aromatic N) is 1. The quantitative estimate of drug-likeness (QED) is 0.334. The van der Waals surface area contributed by atoms with Crippen LogP contribution in [-0.4, -0.2) is 24.2 Å². The van der Waals surface area contributed by atoms with E-state index in [1.165, 1.54) is 5.56 Å². The van der Waals surface area contributed by atoms with E-state index in [0.717, 1.165) is 28.8 Å². The molecule has 0 aromatic heterocycles. The van der Waals surface area contributed by atoms with Gasteiger partial charge in [-0.15, -0.1) is 0 Å². The van der Waals surface area contributed by atoms with E-state index in [1.807, 2.05) is 6.92 Å². The number of amidine groups is 1. The number of oxime groups is 1. The molecule has 0 radical (unpaired) electrons. The molecule has 1 heterocycles. The smallest absolute Gasteiger partial charge is 0.143 e. The van der Waals surface area contributed by atoms with Gasteiger partial charge in [-0.05, 0) is 17.7 Å². The summed E-state index contributed by atoms with van der Waals surface area (Å²) in [7, 11) is 0. The maximum atomic E-state index is 8.59. The molecule has 0 aliphatic carbocycles. The summed E-state index contributed by atoms with van der Waals surface area (Å²) < 4.78 is 6.73. The van der Waals surface area contributed by atoms with Crippen molar-refractivity contribution in [1.29, 1.82) is 0 Å². The van der Waals surface area contributed by atoms with Gasteiger partial charge in [-0.3, -0.25) is 0 Å². The van der Waals surface area contributed by atoms with Gasteiger partial charge in [0.1, 0.15) is 11.6 Å². The summed E-state index contributed by atoms with van der Waals surface area (Å²) in [6.45, 7) is 4.01. The lowest BCUT2D eigenvalue weighted by Crippen LogP contribution is -2.31. The number of hydrogen-bond acceptors (Lipinski definition) is 4. The molecular formula is C13H18BrN3O2. The number of nitrogens with one attached hydrogen (secondary N) is 1. The molecule has 5 nitrogen and oxygen atoms in total. The molecule has 1 aliphatic rings. The zero-order valence-electron chi connectivity index (χ0n) is 10.8. The third-order valence-electron chi connectivity index (χ3n) is 3.21.